The highest BCUT2D eigenvalue weighted by molar-refractivity contribution is 14.1. The summed E-state index contributed by atoms with van der Waals surface area (Å²) < 4.78 is 6.43. The molecule has 22 heavy (non-hydrogen) atoms. The lowest BCUT2D eigenvalue weighted by molar-refractivity contribution is -0.123. The smallest absolute Gasteiger partial charge is 0.277 e. The molecule has 4 nitrogen and oxygen atoms in total. The van der Waals surface area contributed by atoms with Crippen LogP contribution in [-0.4, -0.2) is 18.7 Å². The summed E-state index contributed by atoms with van der Waals surface area (Å²) in [4.78, 5) is 11.6. The van der Waals surface area contributed by atoms with Crippen LogP contribution in [0.1, 0.15) is 5.56 Å². The van der Waals surface area contributed by atoms with E-state index in [2.05, 4.69) is 33.1 Å². The molecule has 1 amide bonds. The SMILES string of the molecule is O=C(COc1ccc(I)cc1)N/N=C\c1cccc(Cl)c1Cl. The Kier molecular flexibility index (Phi) is 6.48. The Labute approximate surface area is 151 Å². The van der Waals surface area contributed by atoms with Crippen LogP contribution in [0.25, 0.3) is 0 Å². The summed E-state index contributed by atoms with van der Waals surface area (Å²) >= 11 is 14.1. The molecule has 0 fully saturated rings. The zero-order valence-corrected chi connectivity index (χ0v) is 14.9. The van der Waals surface area contributed by atoms with Gasteiger partial charge in [-0.1, -0.05) is 35.3 Å². The lowest BCUT2D eigenvalue weighted by Gasteiger charge is -2.05. The predicted octanol–water partition coefficient (Wildman–Crippen LogP) is 4.13. The topological polar surface area (TPSA) is 50.7 Å². The van der Waals surface area contributed by atoms with Crippen molar-refractivity contribution in [1.82, 2.24) is 5.43 Å². The summed E-state index contributed by atoms with van der Waals surface area (Å²) in [6.07, 6.45) is 1.43. The number of rotatable bonds is 5. The molecule has 114 valence electrons. The maximum Gasteiger partial charge on any atom is 0.277 e. The Morgan fingerprint density at radius 3 is 2.68 bits per heavy atom. The molecule has 2 aromatic carbocycles. The van der Waals surface area contributed by atoms with Crippen molar-refractivity contribution in [1.29, 1.82) is 0 Å². The van der Waals surface area contributed by atoms with Gasteiger partial charge in [0, 0.05) is 9.13 Å². The summed E-state index contributed by atoms with van der Waals surface area (Å²) in [5.74, 6) is 0.255. The third-order valence-corrected chi connectivity index (χ3v) is 4.11. The number of amides is 1. The Morgan fingerprint density at radius 1 is 1.23 bits per heavy atom. The highest BCUT2D eigenvalue weighted by atomic mass is 127. The maximum atomic E-state index is 11.6. The van der Waals surface area contributed by atoms with Crippen LogP contribution in [0.3, 0.4) is 0 Å². The molecular formula is C15H11Cl2IN2O2. The number of ether oxygens (including phenoxy) is 1. The van der Waals surface area contributed by atoms with E-state index in [1.54, 1.807) is 30.3 Å². The summed E-state index contributed by atoms with van der Waals surface area (Å²) in [7, 11) is 0. The fraction of sp³-hybridized carbons (Fsp3) is 0.0667. The Hall–Kier alpha value is -1.31. The molecule has 0 bridgehead atoms. The van der Waals surface area contributed by atoms with Gasteiger partial charge in [0.15, 0.2) is 6.61 Å². The van der Waals surface area contributed by atoms with Crippen molar-refractivity contribution in [2.75, 3.05) is 6.61 Å². The largest absolute Gasteiger partial charge is 0.484 e. The average molecular weight is 449 g/mol. The van der Waals surface area contributed by atoms with Gasteiger partial charge >= 0.3 is 0 Å². The molecule has 0 aromatic heterocycles. The number of benzene rings is 2. The van der Waals surface area contributed by atoms with Crippen LogP contribution in [0.5, 0.6) is 5.75 Å². The quantitative estimate of drug-likeness (QED) is 0.424. The van der Waals surface area contributed by atoms with E-state index in [4.69, 9.17) is 27.9 Å². The third kappa shape index (κ3) is 5.15. The van der Waals surface area contributed by atoms with Crippen molar-refractivity contribution >= 4 is 57.9 Å². The van der Waals surface area contributed by atoms with Gasteiger partial charge in [-0.15, -0.1) is 0 Å². The summed E-state index contributed by atoms with van der Waals surface area (Å²) in [6, 6.07) is 12.5. The molecule has 2 aromatic rings. The molecular weight excluding hydrogens is 438 g/mol. The monoisotopic (exact) mass is 448 g/mol. The molecule has 0 heterocycles. The van der Waals surface area contributed by atoms with Gasteiger partial charge < -0.3 is 4.74 Å². The van der Waals surface area contributed by atoms with Crippen molar-refractivity contribution in [2.45, 2.75) is 0 Å². The third-order valence-electron chi connectivity index (χ3n) is 2.56. The van der Waals surface area contributed by atoms with Gasteiger partial charge in [-0.25, -0.2) is 5.43 Å². The van der Waals surface area contributed by atoms with E-state index < -0.39 is 0 Å². The second-order valence-corrected chi connectivity index (χ2v) is 6.21. The number of hydrogen-bond donors (Lipinski definition) is 1. The molecule has 0 unspecified atom stereocenters. The molecule has 0 spiro atoms. The lowest BCUT2D eigenvalue weighted by atomic mass is 10.2. The van der Waals surface area contributed by atoms with Crippen molar-refractivity contribution in [3.63, 3.8) is 0 Å². The van der Waals surface area contributed by atoms with Crippen LogP contribution in [0.2, 0.25) is 10.0 Å². The number of halogens is 3. The van der Waals surface area contributed by atoms with Crippen molar-refractivity contribution < 1.29 is 9.53 Å². The fourth-order valence-electron chi connectivity index (χ4n) is 1.51. The van der Waals surface area contributed by atoms with Crippen LogP contribution in [0.4, 0.5) is 0 Å². The van der Waals surface area contributed by atoms with Crippen molar-refractivity contribution in [3.05, 3.63) is 61.6 Å². The minimum Gasteiger partial charge on any atom is -0.484 e. The van der Waals surface area contributed by atoms with Gasteiger partial charge in [0.25, 0.3) is 5.91 Å². The first-order chi connectivity index (χ1) is 10.6. The van der Waals surface area contributed by atoms with Gasteiger partial charge in [-0.3, -0.25) is 4.79 Å². The van der Waals surface area contributed by atoms with Gasteiger partial charge in [0.1, 0.15) is 5.75 Å². The van der Waals surface area contributed by atoms with Crippen LogP contribution < -0.4 is 10.2 Å². The molecule has 1 N–H and O–H groups in total. The van der Waals surface area contributed by atoms with E-state index in [9.17, 15) is 4.79 Å². The number of carbonyl (C=O) groups is 1. The first kappa shape index (κ1) is 17.1. The molecule has 0 aliphatic carbocycles. The summed E-state index contributed by atoms with van der Waals surface area (Å²) in [5, 5.41) is 4.64. The van der Waals surface area contributed by atoms with E-state index in [1.807, 2.05) is 12.1 Å². The molecule has 0 saturated carbocycles. The van der Waals surface area contributed by atoms with Gasteiger partial charge in [-0.2, -0.15) is 5.10 Å². The molecule has 0 aliphatic heterocycles. The minimum atomic E-state index is -0.368. The zero-order valence-electron chi connectivity index (χ0n) is 11.2. The predicted molar refractivity (Wildman–Crippen MR) is 96.9 cm³/mol. The van der Waals surface area contributed by atoms with Crippen molar-refractivity contribution in [2.24, 2.45) is 5.10 Å². The normalized spacial score (nSPS) is 10.7. The van der Waals surface area contributed by atoms with E-state index in [0.29, 0.717) is 21.4 Å². The Morgan fingerprint density at radius 2 is 1.95 bits per heavy atom. The van der Waals surface area contributed by atoms with E-state index >= 15 is 0 Å². The molecule has 0 radical (unpaired) electrons. The van der Waals surface area contributed by atoms with E-state index in [0.717, 1.165) is 3.57 Å². The standard InChI is InChI=1S/C15H11Cl2IN2O2/c16-13-3-1-2-10(15(13)17)8-19-20-14(21)9-22-12-6-4-11(18)5-7-12/h1-8H,9H2,(H,20,21)/b19-8-. The molecule has 0 aliphatic rings. The second-order valence-electron chi connectivity index (χ2n) is 4.18. The van der Waals surface area contributed by atoms with E-state index in [1.165, 1.54) is 6.21 Å². The van der Waals surface area contributed by atoms with Crippen LogP contribution in [-0.2, 0) is 4.79 Å². The van der Waals surface area contributed by atoms with Gasteiger partial charge in [0.05, 0.1) is 16.3 Å². The highest BCUT2D eigenvalue weighted by Crippen LogP contribution is 2.24. The van der Waals surface area contributed by atoms with Crippen molar-refractivity contribution in [3.8, 4) is 5.75 Å². The highest BCUT2D eigenvalue weighted by Gasteiger charge is 2.03. The first-order valence-electron chi connectivity index (χ1n) is 6.20. The first-order valence-corrected chi connectivity index (χ1v) is 8.04. The minimum absolute atomic E-state index is 0.124. The average Bonchev–Trinajstić information content (AvgIpc) is 2.51. The molecule has 7 heteroatoms. The van der Waals surface area contributed by atoms with Crippen LogP contribution in [0.15, 0.2) is 47.6 Å². The summed E-state index contributed by atoms with van der Waals surface area (Å²) in [6.45, 7) is -0.124. The fourth-order valence-corrected chi connectivity index (χ4v) is 2.22. The van der Waals surface area contributed by atoms with Gasteiger partial charge in [-0.05, 0) is 52.9 Å². The number of nitrogens with one attached hydrogen (secondary N) is 1. The summed E-state index contributed by atoms with van der Waals surface area (Å²) in [5.41, 5.74) is 2.98. The number of hydrogen-bond acceptors (Lipinski definition) is 3. The maximum absolute atomic E-state index is 11.6. The Bertz CT molecular complexity index is 690. The molecule has 0 atom stereocenters. The number of nitrogens with zero attached hydrogens (tertiary/aromatic N) is 1. The Balaban J connectivity index is 1.83. The second kappa shape index (κ2) is 8.36. The van der Waals surface area contributed by atoms with Crippen LogP contribution >= 0.6 is 45.8 Å². The number of carbonyl (C=O) groups excluding carboxylic acids is 1. The van der Waals surface area contributed by atoms with Crippen LogP contribution in [0, 0.1) is 3.57 Å². The number of hydrazone groups is 1. The molecule has 0 saturated heterocycles. The molecule has 2 rings (SSSR count). The van der Waals surface area contributed by atoms with E-state index in [-0.39, 0.29) is 12.5 Å². The lowest BCUT2D eigenvalue weighted by Crippen LogP contribution is -2.24. The zero-order chi connectivity index (χ0) is 15.9. The van der Waals surface area contributed by atoms with Gasteiger partial charge in [0.2, 0.25) is 0 Å².